The van der Waals surface area contributed by atoms with E-state index in [1.807, 2.05) is 73.7 Å². The van der Waals surface area contributed by atoms with Gasteiger partial charge in [0, 0.05) is 22.5 Å². The molecule has 5 nitrogen and oxygen atoms in total. The molecule has 6 heteroatoms. The van der Waals surface area contributed by atoms with E-state index >= 15 is 0 Å². The highest BCUT2D eigenvalue weighted by Gasteiger charge is 2.19. The van der Waals surface area contributed by atoms with Crippen LogP contribution in [0.2, 0.25) is 5.02 Å². The number of nitrogens with one attached hydrogen (secondary N) is 1. The van der Waals surface area contributed by atoms with E-state index in [4.69, 9.17) is 26.1 Å². The Kier molecular flexibility index (Phi) is 4.96. The van der Waals surface area contributed by atoms with Crippen molar-refractivity contribution in [2.45, 2.75) is 13.5 Å². The highest BCUT2D eigenvalue weighted by Crippen LogP contribution is 2.33. The molecule has 1 aromatic heterocycles. The number of carbonyl (C=O) groups excluding carboxylic acids is 1. The monoisotopic (exact) mass is 430 g/mol. The van der Waals surface area contributed by atoms with Crippen LogP contribution in [0.15, 0.2) is 66.7 Å². The zero-order valence-corrected chi connectivity index (χ0v) is 17.6. The number of rotatable bonds is 4. The topological polar surface area (TPSA) is 60.5 Å². The third-order valence-corrected chi connectivity index (χ3v) is 5.62. The molecule has 5 rings (SSSR count). The lowest BCUT2D eigenvalue weighted by molar-refractivity contribution is 0.0952. The summed E-state index contributed by atoms with van der Waals surface area (Å²) in [5.74, 6) is 1.27. The number of amides is 1. The van der Waals surface area contributed by atoms with Crippen LogP contribution >= 0.6 is 11.6 Å². The Bertz CT molecular complexity index is 1300. The summed E-state index contributed by atoms with van der Waals surface area (Å²) in [5.41, 5.74) is 4.83. The lowest BCUT2D eigenvalue weighted by Gasteiger charge is -2.15. The number of nitrogens with zero attached hydrogens (tertiary/aromatic N) is 1. The molecular weight excluding hydrogens is 412 g/mol. The standard InChI is InChI=1S/C25H19ClN2O3/c1-15-23(25(29)27-13-16-6-11-21-22(12-16)31-14-30-21)19-4-2-3-5-20(19)28-24(15)17-7-9-18(26)10-8-17/h2-12H,13-14H2,1H3,(H,27,29). The van der Waals surface area contributed by atoms with Crippen LogP contribution in [0, 0.1) is 6.92 Å². The smallest absolute Gasteiger partial charge is 0.252 e. The molecule has 0 aliphatic carbocycles. The minimum Gasteiger partial charge on any atom is -0.454 e. The number of hydrogen-bond acceptors (Lipinski definition) is 4. The number of carbonyl (C=O) groups is 1. The van der Waals surface area contributed by atoms with Crippen LogP contribution in [0.1, 0.15) is 21.5 Å². The van der Waals surface area contributed by atoms with E-state index in [1.54, 1.807) is 0 Å². The molecule has 4 aromatic rings. The molecule has 0 saturated carbocycles. The summed E-state index contributed by atoms with van der Waals surface area (Å²) in [4.78, 5) is 18.1. The quantitative estimate of drug-likeness (QED) is 0.463. The molecule has 0 fully saturated rings. The number of aromatic nitrogens is 1. The van der Waals surface area contributed by atoms with Gasteiger partial charge in [0.2, 0.25) is 6.79 Å². The average Bonchev–Trinajstić information content (AvgIpc) is 3.26. The lowest BCUT2D eigenvalue weighted by Crippen LogP contribution is -2.24. The van der Waals surface area contributed by atoms with Gasteiger partial charge in [0.25, 0.3) is 5.91 Å². The first-order chi connectivity index (χ1) is 15.1. The average molecular weight is 431 g/mol. The molecule has 0 radical (unpaired) electrons. The number of halogens is 1. The van der Waals surface area contributed by atoms with E-state index in [-0.39, 0.29) is 12.7 Å². The first-order valence-corrected chi connectivity index (χ1v) is 10.3. The van der Waals surface area contributed by atoms with E-state index in [0.29, 0.717) is 22.9 Å². The predicted molar refractivity (Wildman–Crippen MR) is 121 cm³/mol. The largest absolute Gasteiger partial charge is 0.454 e. The molecule has 1 aliphatic rings. The third-order valence-electron chi connectivity index (χ3n) is 5.37. The summed E-state index contributed by atoms with van der Waals surface area (Å²) in [7, 11) is 0. The van der Waals surface area contributed by atoms with Crippen LogP contribution in [0.3, 0.4) is 0 Å². The zero-order valence-electron chi connectivity index (χ0n) is 16.8. The first-order valence-electron chi connectivity index (χ1n) is 9.92. The molecule has 1 N–H and O–H groups in total. The Hall–Kier alpha value is -3.57. The van der Waals surface area contributed by atoms with Crippen molar-refractivity contribution in [3.05, 3.63) is 88.4 Å². The van der Waals surface area contributed by atoms with Gasteiger partial charge < -0.3 is 14.8 Å². The SMILES string of the molecule is Cc1c(-c2ccc(Cl)cc2)nc2ccccc2c1C(=O)NCc1ccc2c(c1)OCO2. The van der Waals surface area contributed by atoms with E-state index in [1.165, 1.54) is 0 Å². The Balaban J connectivity index is 1.51. The van der Waals surface area contributed by atoms with Crippen LogP contribution in [-0.2, 0) is 6.54 Å². The molecule has 0 atom stereocenters. The number of ether oxygens (including phenoxy) is 2. The van der Waals surface area contributed by atoms with Crippen molar-refractivity contribution in [1.82, 2.24) is 10.3 Å². The van der Waals surface area contributed by atoms with E-state index in [2.05, 4.69) is 5.32 Å². The van der Waals surface area contributed by atoms with Crippen LogP contribution in [0.4, 0.5) is 0 Å². The molecule has 1 amide bonds. The maximum Gasteiger partial charge on any atom is 0.252 e. The van der Waals surface area contributed by atoms with Gasteiger partial charge in [-0.2, -0.15) is 0 Å². The summed E-state index contributed by atoms with van der Waals surface area (Å²) >= 11 is 6.05. The van der Waals surface area contributed by atoms with Crippen LogP contribution in [0.25, 0.3) is 22.2 Å². The molecule has 0 bridgehead atoms. The predicted octanol–water partition coefficient (Wildman–Crippen LogP) is 5.52. The molecule has 3 aromatic carbocycles. The van der Waals surface area contributed by atoms with Gasteiger partial charge in [0.1, 0.15) is 0 Å². The molecule has 31 heavy (non-hydrogen) atoms. The van der Waals surface area contributed by atoms with Gasteiger partial charge in [0.15, 0.2) is 11.5 Å². The van der Waals surface area contributed by atoms with Gasteiger partial charge in [0.05, 0.1) is 16.8 Å². The Morgan fingerprint density at radius 3 is 2.65 bits per heavy atom. The number of pyridine rings is 1. The van der Waals surface area contributed by atoms with Crippen molar-refractivity contribution in [2.75, 3.05) is 6.79 Å². The van der Waals surface area contributed by atoms with Crippen LogP contribution in [-0.4, -0.2) is 17.7 Å². The highest BCUT2D eigenvalue weighted by atomic mass is 35.5. The Morgan fingerprint density at radius 2 is 1.81 bits per heavy atom. The van der Waals surface area contributed by atoms with Gasteiger partial charge >= 0.3 is 0 Å². The Morgan fingerprint density at radius 1 is 1.03 bits per heavy atom. The maximum atomic E-state index is 13.3. The summed E-state index contributed by atoms with van der Waals surface area (Å²) in [6.07, 6.45) is 0. The highest BCUT2D eigenvalue weighted by molar-refractivity contribution is 6.30. The van der Waals surface area contributed by atoms with Crippen LogP contribution in [0.5, 0.6) is 11.5 Å². The fourth-order valence-electron chi connectivity index (χ4n) is 3.81. The van der Waals surface area contributed by atoms with Gasteiger partial charge in [-0.25, -0.2) is 4.98 Å². The molecule has 0 saturated heterocycles. The molecule has 0 spiro atoms. The summed E-state index contributed by atoms with van der Waals surface area (Å²) in [6, 6.07) is 20.8. The van der Waals surface area contributed by atoms with Gasteiger partial charge in [-0.05, 0) is 48.4 Å². The van der Waals surface area contributed by atoms with E-state index in [9.17, 15) is 4.79 Å². The number of para-hydroxylation sites is 1. The third kappa shape index (κ3) is 3.68. The van der Waals surface area contributed by atoms with Crippen LogP contribution < -0.4 is 14.8 Å². The fourth-order valence-corrected chi connectivity index (χ4v) is 3.94. The summed E-state index contributed by atoms with van der Waals surface area (Å²) in [6.45, 7) is 2.53. The van der Waals surface area contributed by atoms with Crippen molar-refractivity contribution >= 4 is 28.4 Å². The minimum atomic E-state index is -0.149. The first kappa shape index (κ1) is 19.4. The summed E-state index contributed by atoms with van der Waals surface area (Å²) in [5, 5.41) is 4.52. The van der Waals surface area contributed by atoms with Crippen molar-refractivity contribution in [1.29, 1.82) is 0 Å². The van der Waals surface area contributed by atoms with Crippen molar-refractivity contribution in [3.63, 3.8) is 0 Å². The molecule has 1 aliphatic heterocycles. The second kappa shape index (κ2) is 7.93. The van der Waals surface area contributed by atoms with Gasteiger partial charge in [-0.15, -0.1) is 0 Å². The number of hydrogen-bond donors (Lipinski definition) is 1. The molecule has 154 valence electrons. The maximum absolute atomic E-state index is 13.3. The molecular formula is C25H19ClN2O3. The van der Waals surface area contributed by atoms with Crippen molar-refractivity contribution in [2.24, 2.45) is 0 Å². The van der Waals surface area contributed by atoms with Crippen molar-refractivity contribution in [3.8, 4) is 22.8 Å². The number of fused-ring (bicyclic) bond motifs is 2. The van der Waals surface area contributed by atoms with Crippen molar-refractivity contribution < 1.29 is 14.3 Å². The second-order valence-corrected chi connectivity index (χ2v) is 7.79. The molecule has 2 heterocycles. The summed E-state index contributed by atoms with van der Waals surface area (Å²) < 4.78 is 10.8. The Labute approximate surface area is 184 Å². The van der Waals surface area contributed by atoms with E-state index < -0.39 is 0 Å². The normalized spacial score (nSPS) is 12.2. The van der Waals surface area contributed by atoms with Gasteiger partial charge in [-0.1, -0.05) is 48.0 Å². The zero-order chi connectivity index (χ0) is 21.4. The second-order valence-electron chi connectivity index (χ2n) is 7.35. The fraction of sp³-hybridized carbons (Fsp3) is 0.120. The number of benzene rings is 3. The minimum absolute atomic E-state index is 0.149. The molecule has 0 unspecified atom stereocenters. The van der Waals surface area contributed by atoms with E-state index in [0.717, 1.165) is 39.0 Å². The van der Waals surface area contributed by atoms with Gasteiger partial charge in [-0.3, -0.25) is 4.79 Å². The lowest BCUT2D eigenvalue weighted by atomic mass is 9.97.